The highest BCUT2D eigenvalue weighted by Gasteiger charge is 2.20. The Balaban J connectivity index is 4.83. The topological polar surface area (TPSA) is 86.7 Å². The summed E-state index contributed by atoms with van der Waals surface area (Å²) in [5.41, 5.74) is -0.0523. The lowest BCUT2D eigenvalue weighted by Gasteiger charge is -2.24. The number of urea groups is 1. The number of imide groups is 1. The molecule has 0 aliphatic carbocycles. The zero-order valence-electron chi connectivity index (χ0n) is 11.4. The maximum Gasteiger partial charge on any atom is 0.331 e. The minimum Gasteiger partial charge on any atom is -0.478 e. The Morgan fingerprint density at radius 3 is 2.00 bits per heavy atom. The minimum absolute atomic E-state index is 0.0238. The largest absolute Gasteiger partial charge is 0.478 e. The van der Waals surface area contributed by atoms with Crippen LogP contribution in [0.5, 0.6) is 0 Å². The molecule has 6 heteroatoms. The number of carbonyl (C=O) groups is 3. The van der Waals surface area contributed by atoms with E-state index in [1.54, 1.807) is 6.92 Å². The van der Waals surface area contributed by atoms with Gasteiger partial charge in [-0.05, 0) is 34.6 Å². The van der Waals surface area contributed by atoms with Crippen LogP contribution in [0.25, 0.3) is 0 Å². The predicted molar refractivity (Wildman–Crippen MR) is 67.1 cm³/mol. The second kappa shape index (κ2) is 6.78. The van der Waals surface area contributed by atoms with Crippen LogP contribution in [0, 0.1) is 0 Å². The molecule has 0 radical (unpaired) electrons. The predicted octanol–water partition coefficient (Wildman–Crippen LogP) is 1.37. The van der Waals surface area contributed by atoms with Gasteiger partial charge in [-0.15, -0.1) is 0 Å². The van der Waals surface area contributed by atoms with Crippen LogP contribution in [0.3, 0.4) is 0 Å². The average molecular weight is 256 g/mol. The van der Waals surface area contributed by atoms with Crippen LogP contribution >= 0.6 is 0 Å². The molecule has 18 heavy (non-hydrogen) atoms. The maximum atomic E-state index is 11.7. The van der Waals surface area contributed by atoms with Crippen molar-refractivity contribution >= 4 is 17.9 Å². The van der Waals surface area contributed by atoms with Crippen molar-refractivity contribution < 1.29 is 19.5 Å². The van der Waals surface area contributed by atoms with Gasteiger partial charge >= 0.3 is 12.0 Å². The summed E-state index contributed by atoms with van der Waals surface area (Å²) in [5, 5.41) is 10.9. The summed E-state index contributed by atoms with van der Waals surface area (Å²) in [5.74, 6) is -1.86. The third-order valence-electron chi connectivity index (χ3n) is 2.67. The van der Waals surface area contributed by atoms with Crippen molar-refractivity contribution in [1.29, 1.82) is 0 Å². The molecule has 102 valence electrons. The Morgan fingerprint density at radius 2 is 1.67 bits per heavy atom. The van der Waals surface area contributed by atoms with E-state index in [2.05, 4.69) is 5.32 Å². The van der Waals surface area contributed by atoms with Crippen LogP contribution in [0.15, 0.2) is 11.1 Å². The number of aliphatic carboxylic acids is 1. The smallest absolute Gasteiger partial charge is 0.331 e. The molecule has 0 aromatic carbocycles. The van der Waals surface area contributed by atoms with E-state index in [0.717, 1.165) is 0 Å². The van der Waals surface area contributed by atoms with Gasteiger partial charge in [0.2, 0.25) is 0 Å². The Labute approximate surface area is 107 Å². The van der Waals surface area contributed by atoms with Crippen molar-refractivity contribution in [3.63, 3.8) is 0 Å². The van der Waals surface area contributed by atoms with Crippen molar-refractivity contribution in [2.45, 2.75) is 40.7 Å². The van der Waals surface area contributed by atoms with Crippen molar-refractivity contribution in [3.8, 4) is 0 Å². The Kier molecular flexibility index (Phi) is 6.08. The summed E-state index contributed by atoms with van der Waals surface area (Å²) in [6.45, 7) is 8.63. The number of rotatable bonds is 4. The number of nitrogens with zero attached hydrogens (tertiary/aromatic N) is 1. The molecule has 0 spiro atoms. The summed E-state index contributed by atoms with van der Waals surface area (Å²) in [6, 6.07) is -0.553. The Hall–Kier alpha value is -1.85. The molecule has 0 saturated heterocycles. The Bertz CT molecular complexity index is 386. The maximum absolute atomic E-state index is 11.7. The van der Waals surface area contributed by atoms with Gasteiger partial charge in [-0.1, -0.05) is 0 Å². The third kappa shape index (κ3) is 4.20. The van der Waals surface area contributed by atoms with Crippen LogP contribution in [0.1, 0.15) is 34.6 Å². The summed E-state index contributed by atoms with van der Waals surface area (Å²) in [7, 11) is 0. The SMILES string of the molecule is CCN(C(=O)NC(=O)C(C)=C(C)C(=O)O)C(C)C. The molecule has 0 aliphatic rings. The molecule has 0 bridgehead atoms. The van der Waals surface area contributed by atoms with Gasteiger partial charge in [-0.3, -0.25) is 10.1 Å². The summed E-state index contributed by atoms with van der Waals surface area (Å²) < 4.78 is 0. The molecule has 0 aromatic rings. The number of carboxylic acid groups (broad SMARTS) is 1. The zero-order chi connectivity index (χ0) is 14.5. The number of hydrogen-bond acceptors (Lipinski definition) is 3. The lowest BCUT2D eigenvalue weighted by Crippen LogP contribution is -2.46. The van der Waals surface area contributed by atoms with Gasteiger partial charge in [0.05, 0.1) is 0 Å². The van der Waals surface area contributed by atoms with Crippen molar-refractivity contribution in [1.82, 2.24) is 10.2 Å². The highest BCUT2D eigenvalue weighted by molar-refractivity contribution is 6.07. The standard InChI is InChI=1S/C12H20N2O4/c1-6-14(7(2)3)12(18)13-10(15)8(4)9(5)11(16)17/h7H,6H2,1-5H3,(H,16,17)(H,13,15,18). The van der Waals surface area contributed by atoms with Crippen LogP contribution < -0.4 is 5.32 Å². The molecule has 0 rings (SSSR count). The van der Waals surface area contributed by atoms with Gasteiger partial charge in [0, 0.05) is 23.7 Å². The number of carboxylic acids is 1. The lowest BCUT2D eigenvalue weighted by molar-refractivity contribution is -0.133. The lowest BCUT2D eigenvalue weighted by atomic mass is 10.1. The minimum atomic E-state index is -1.17. The van der Waals surface area contributed by atoms with E-state index in [4.69, 9.17) is 5.11 Å². The van der Waals surface area contributed by atoms with Crippen LogP contribution in [0.2, 0.25) is 0 Å². The summed E-state index contributed by atoms with van der Waals surface area (Å²) in [6.07, 6.45) is 0. The quantitative estimate of drug-likeness (QED) is 0.744. The summed E-state index contributed by atoms with van der Waals surface area (Å²) >= 11 is 0. The Morgan fingerprint density at radius 1 is 1.17 bits per heavy atom. The normalized spacial score (nSPS) is 11.9. The van der Waals surface area contributed by atoms with E-state index in [1.807, 2.05) is 13.8 Å². The van der Waals surface area contributed by atoms with Gasteiger partial charge in [0.1, 0.15) is 0 Å². The molecule has 0 heterocycles. The number of hydrogen-bond donors (Lipinski definition) is 2. The highest BCUT2D eigenvalue weighted by atomic mass is 16.4. The van der Waals surface area contributed by atoms with E-state index in [-0.39, 0.29) is 17.2 Å². The monoisotopic (exact) mass is 256 g/mol. The molecule has 3 amide bonds. The molecule has 2 N–H and O–H groups in total. The first kappa shape index (κ1) is 16.1. The van der Waals surface area contributed by atoms with Crippen LogP contribution in [0.4, 0.5) is 4.79 Å². The van der Waals surface area contributed by atoms with Crippen molar-refractivity contribution in [2.24, 2.45) is 0 Å². The van der Waals surface area contributed by atoms with Crippen molar-refractivity contribution in [3.05, 3.63) is 11.1 Å². The van der Waals surface area contributed by atoms with Gasteiger partial charge in [0.25, 0.3) is 5.91 Å². The first-order valence-corrected chi connectivity index (χ1v) is 5.75. The fourth-order valence-electron chi connectivity index (χ4n) is 1.34. The molecule has 0 aliphatic heterocycles. The van der Waals surface area contributed by atoms with E-state index >= 15 is 0 Å². The van der Waals surface area contributed by atoms with E-state index in [1.165, 1.54) is 18.7 Å². The van der Waals surface area contributed by atoms with Crippen molar-refractivity contribution in [2.75, 3.05) is 6.54 Å². The second-order valence-electron chi connectivity index (χ2n) is 4.19. The molecule has 0 unspecified atom stereocenters. The van der Waals surface area contributed by atoms with E-state index < -0.39 is 17.9 Å². The molecule has 0 aromatic heterocycles. The van der Waals surface area contributed by atoms with Crippen LogP contribution in [-0.4, -0.2) is 40.5 Å². The summed E-state index contributed by atoms with van der Waals surface area (Å²) in [4.78, 5) is 35.6. The van der Waals surface area contributed by atoms with Gasteiger partial charge in [-0.2, -0.15) is 0 Å². The molecular weight excluding hydrogens is 236 g/mol. The molecule has 0 atom stereocenters. The number of amides is 3. The first-order valence-electron chi connectivity index (χ1n) is 5.75. The average Bonchev–Trinajstić information content (AvgIpc) is 2.26. The van der Waals surface area contributed by atoms with E-state index in [9.17, 15) is 14.4 Å². The molecular formula is C12H20N2O4. The number of carbonyl (C=O) groups excluding carboxylic acids is 2. The number of nitrogens with one attached hydrogen (secondary N) is 1. The molecule has 0 saturated carbocycles. The molecule has 0 fully saturated rings. The second-order valence-corrected chi connectivity index (χ2v) is 4.19. The van der Waals surface area contributed by atoms with Gasteiger partial charge in [-0.25, -0.2) is 9.59 Å². The first-order chi connectivity index (χ1) is 8.22. The molecule has 6 nitrogen and oxygen atoms in total. The van der Waals surface area contributed by atoms with Gasteiger partial charge < -0.3 is 10.0 Å². The third-order valence-corrected chi connectivity index (χ3v) is 2.67. The zero-order valence-corrected chi connectivity index (χ0v) is 11.4. The fraction of sp³-hybridized carbons (Fsp3) is 0.583. The van der Waals surface area contributed by atoms with Crippen LogP contribution in [-0.2, 0) is 9.59 Å². The van der Waals surface area contributed by atoms with Gasteiger partial charge in [0.15, 0.2) is 0 Å². The van der Waals surface area contributed by atoms with E-state index in [0.29, 0.717) is 6.54 Å². The highest BCUT2D eigenvalue weighted by Crippen LogP contribution is 2.04. The fourth-order valence-corrected chi connectivity index (χ4v) is 1.34.